The van der Waals surface area contributed by atoms with Crippen LogP contribution in [0.4, 0.5) is 5.69 Å². The summed E-state index contributed by atoms with van der Waals surface area (Å²) in [5, 5.41) is 11.0. The van der Waals surface area contributed by atoms with Crippen LogP contribution in [0.1, 0.15) is 57.1 Å². The van der Waals surface area contributed by atoms with Crippen molar-refractivity contribution in [2.75, 3.05) is 5.32 Å². The quantitative estimate of drug-likeness (QED) is 0.291. The first-order valence-electron chi connectivity index (χ1n) is 21.6. The number of aliphatic carboxylic acids is 1. The molecule has 106 heavy (non-hydrogen) atoms. The van der Waals surface area contributed by atoms with Crippen molar-refractivity contribution >= 4 is 741 Å². The van der Waals surface area contributed by atoms with Gasteiger partial charge in [-0.1, -0.05) is 0 Å². The Balaban J connectivity index is 0. The number of nitrogens with zero attached hydrogens (tertiary/aromatic N) is 1. The lowest BCUT2D eigenvalue weighted by molar-refractivity contribution is -0.137. The first kappa shape index (κ1) is 123. The average Bonchev–Trinajstić information content (AvgIpc) is 0.919. The Bertz CT molecular complexity index is 6990. The Hall–Kier alpha value is 15.0. The lowest BCUT2D eigenvalue weighted by Crippen LogP contribution is -2.11. The summed E-state index contributed by atoms with van der Waals surface area (Å²) in [6.07, 6.45) is 17.2. The molecule has 0 atom stereocenters. The summed E-state index contributed by atoms with van der Waals surface area (Å²) in [4.78, 5) is 25.5. The molecule has 0 aliphatic heterocycles. The molecule has 1 aromatic rings. The number of aromatic nitrogens is 1. The number of unbranched alkanes of at least 4 members (excludes halogenated alkanes) is 4. The SMILES string of the molecule is C#CCCCCC(=O)Nc1ccnc(C)c1.C#CCCCCC(=O)O.S=S=S=S=S=S=S=S=S=S=S=S=S=S=S=S=S=S=S=S=S=S=S=S=S=S=S=S=S=S=S=S=S=S=S=S=S=S=S=S=S=S=S=S=S=S=S=S=S=S=S=S=S=S=S=S=S=S=S=S=S=S=S=S=S=S=S=S=S=S=S=S=S=S=S=S=S=S=S=S=S. The number of pyridine rings is 1. The van der Waals surface area contributed by atoms with Crippen LogP contribution in [-0.2, 0) is 734 Å². The van der Waals surface area contributed by atoms with Gasteiger partial charge in [-0.15, -0.1) is 24.7 Å². The van der Waals surface area contributed by atoms with Gasteiger partial charge in [-0.3, -0.25) is 14.6 Å². The number of carbonyl (C=O) groups is 2. The van der Waals surface area contributed by atoms with Gasteiger partial charge in [0, 0.05) is 767 Å². The van der Waals surface area contributed by atoms with Crippen LogP contribution in [0.5, 0.6) is 0 Å². The van der Waals surface area contributed by atoms with E-state index in [0.717, 1.165) is 37.1 Å². The fourth-order valence-electron chi connectivity index (χ4n) is 2.74. The zero-order chi connectivity index (χ0) is 76.8. The van der Waals surface area contributed by atoms with Crippen molar-refractivity contribution in [3.63, 3.8) is 0 Å². The Morgan fingerprint density at radius 2 is 0.481 bits per heavy atom. The minimum atomic E-state index is -0.743. The van der Waals surface area contributed by atoms with Crippen molar-refractivity contribution in [1.29, 1.82) is 0 Å². The van der Waals surface area contributed by atoms with Gasteiger partial charge in [0.25, 0.3) is 0 Å². The standard InChI is InChI=1S/C13H16N2O.C7H10O2.S81/c1-3-4-5-6-7-13(16)15-12-8-9-14-11(2)10-12;1-2-3-4-5-6-7(8)9;1-3-5-7-9-11-13-15-17-19-21-23-25-27-29-31-33-35-37-39-41-43-45-47-49-51-53-55-57-59-61-63-65-67-69-71-73-75-77-79-81-80-78-76-74-72-70-68-66-64-62-60-58-56-54-52-50-48-46-44-42-40-38-36-34-32-30-28-26-24-22-20-18-16-14-12-10-8-6-4-2/h1,8-10H,4-7H2,2H3,(H,14,15,16);1H,3-6H2,(H,8,9);. The minimum Gasteiger partial charge on any atom is -0.481 e. The van der Waals surface area contributed by atoms with Gasteiger partial charge in [0.05, 0.1) is 0 Å². The Kier molecular flexibility index (Phi) is 135. The number of rotatable bonds is 9. The molecule has 0 saturated carbocycles. The number of terminal acetylenes is 2. The molecule has 86 heteroatoms. The number of amides is 1. The average molecular weight is 2940 g/mol. The third kappa shape index (κ3) is 117. The van der Waals surface area contributed by atoms with E-state index in [-0.39, 0.29) is 12.3 Å². The number of hydrogen-bond donors (Lipinski definition) is 2. The molecular formula is C20H26N2O3S81. The van der Waals surface area contributed by atoms with Crippen molar-refractivity contribution in [3.05, 3.63) is 24.0 Å². The fraction of sp³-hybridized carbons (Fsp3) is 0.450. The number of carbonyl (C=O) groups excluding carboxylic acids is 1. The van der Waals surface area contributed by atoms with Crippen LogP contribution in [0.25, 0.3) is 0 Å². The topological polar surface area (TPSA) is 79.3 Å². The Labute approximate surface area is 849 Å². The third-order valence-electron chi connectivity index (χ3n) is 5.28. The molecule has 1 aromatic heterocycles. The number of carboxylic acid groups (broad SMARTS) is 1. The zero-order valence-corrected chi connectivity index (χ0v) is 114. The summed E-state index contributed by atoms with van der Waals surface area (Å²) in [7, 11) is 143. The van der Waals surface area contributed by atoms with Gasteiger partial charge >= 0.3 is 5.97 Å². The molecule has 2 N–H and O–H groups in total. The van der Waals surface area contributed by atoms with Crippen molar-refractivity contribution in [3.8, 4) is 24.7 Å². The maximum Gasteiger partial charge on any atom is 0.303 e. The predicted octanol–water partition coefficient (Wildman–Crippen LogP) is 3.59. The second-order valence-electron chi connectivity index (χ2n) is 10.8. The second kappa shape index (κ2) is 116. The Morgan fingerprint density at radius 3 is 0.632 bits per heavy atom. The molecule has 0 aliphatic rings. The summed E-state index contributed by atoms with van der Waals surface area (Å²) in [5.74, 6) is 4.29. The normalized spacial score (nSPS) is 8.14. The molecule has 0 unspecified atom stereocenters. The smallest absolute Gasteiger partial charge is 0.303 e. The molecule has 0 aromatic carbocycles. The van der Waals surface area contributed by atoms with E-state index in [0.29, 0.717) is 19.3 Å². The first-order valence-corrected chi connectivity index (χ1v) is 128. The van der Waals surface area contributed by atoms with E-state index in [2.05, 4.69) is 22.1 Å². The van der Waals surface area contributed by atoms with Crippen LogP contribution in [0.2, 0.25) is 0 Å². The van der Waals surface area contributed by atoms with Gasteiger partial charge in [-0.05, 0) is 44.7 Å². The van der Waals surface area contributed by atoms with E-state index in [1.807, 2.05) is 590 Å². The Morgan fingerprint density at radius 1 is 0.311 bits per heavy atom. The largest absolute Gasteiger partial charge is 0.481 e. The number of anilines is 1. The van der Waals surface area contributed by atoms with Crippen LogP contribution in [0.3, 0.4) is 0 Å². The molecule has 620 valence electrons. The number of carboxylic acids is 1. The van der Waals surface area contributed by atoms with E-state index < -0.39 is 5.97 Å². The monoisotopic (exact) mass is 2930 g/mol. The second-order valence-corrected chi connectivity index (χ2v) is 151. The highest BCUT2D eigenvalue weighted by Crippen LogP contribution is 2.08. The molecule has 1 heterocycles. The summed E-state index contributed by atoms with van der Waals surface area (Å²) in [6, 6.07) is 3.63. The fourth-order valence-corrected chi connectivity index (χ4v) is 214. The molecular weight excluding hydrogens is 2910 g/mol. The maximum atomic E-state index is 11.5. The van der Waals surface area contributed by atoms with E-state index in [4.69, 9.17) is 40.3 Å². The third-order valence-corrected chi connectivity index (χ3v) is 179. The van der Waals surface area contributed by atoms with Crippen molar-refractivity contribution in [2.24, 2.45) is 0 Å². The minimum absolute atomic E-state index is 0.0302. The summed E-state index contributed by atoms with van der Waals surface area (Å²) in [6.45, 7) is 1.89. The van der Waals surface area contributed by atoms with Crippen LogP contribution >= 0.6 is 0 Å². The lowest BCUT2D eigenvalue weighted by atomic mass is 10.2. The van der Waals surface area contributed by atoms with Crippen LogP contribution < -0.4 is 5.32 Å². The van der Waals surface area contributed by atoms with Crippen LogP contribution in [0.15, 0.2) is 18.3 Å². The van der Waals surface area contributed by atoms with E-state index in [1.165, 1.54) is 17.8 Å². The predicted molar refractivity (Wildman–Crippen MR) is 696 cm³/mol. The molecule has 0 radical (unpaired) electrons. The molecule has 1 rings (SSSR count). The number of nitrogens with one attached hydrogen (secondary N) is 1. The maximum absolute atomic E-state index is 11.5. The highest BCUT2D eigenvalue weighted by Gasteiger charge is 2.02. The zero-order valence-electron chi connectivity index (χ0n) is 47.8. The molecule has 5 nitrogen and oxygen atoms in total. The highest BCUT2D eigenvalue weighted by atomic mass is 33.6. The van der Waals surface area contributed by atoms with Gasteiger partial charge < -0.3 is 10.4 Å². The molecule has 0 saturated heterocycles. The highest BCUT2D eigenvalue weighted by molar-refractivity contribution is 8.85. The van der Waals surface area contributed by atoms with E-state index in [1.54, 1.807) is 119 Å². The number of aryl methyl sites for hydroxylation is 1. The molecule has 0 spiro atoms. The summed E-state index contributed by atoms with van der Waals surface area (Å²) < 4.78 is 0. The van der Waals surface area contributed by atoms with Crippen molar-refractivity contribution < 1.29 is 14.7 Å². The van der Waals surface area contributed by atoms with E-state index >= 15 is 0 Å². The van der Waals surface area contributed by atoms with Crippen molar-refractivity contribution in [1.82, 2.24) is 4.98 Å². The molecule has 1 amide bonds. The van der Waals surface area contributed by atoms with Gasteiger partial charge in [-0.2, -0.15) is 0 Å². The van der Waals surface area contributed by atoms with Crippen LogP contribution in [-0.4, -0.2) is 22.0 Å². The summed E-state index contributed by atoms with van der Waals surface area (Å²) in [5.41, 5.74) is 1.69. The van der Waals surface area contributed by atoms with E-state index in [9.17, 15) is 9.59 Å². The molecule has 0 bridgehead atoms. The molecule has 0 aliphatic carbocycles. The van der Waals surface area contributed by atoms with Gasteiger partial charge in [-0.25, -0.2) is 0 Å². The molecule has 0 fully saturated rings. The first-order chi connectivity index (χ1) is 52.4. The van der Waals surface area contributed by atoms with Gasteiger partial charge in [0.2, 0.25) is 5.91 Å². The number of hydrogen-bond acceptors (Lipinski definition) is 5. The van der Waals surface area contributed by atoms with Gasteiger partial charge in [0.1, 0.15) is 0 Å². The van der Waals surface area contributed by atoms with Crippen LogP contribution in [0, 0.1) is 31.6 Å². The van der Waals surface area contributed by atoms with Gasteiger partial charge in [0.15, 0.2) is 0 Å². The summed E-state index contributed by atoms with van der Waals surface area (Å²) >= 11 is 9.65. The van der Waals surface area contributed by atoms with Crippen molar-refractivity contribution in [2.45, 2.75) is 58.3 Å². The lowest BCUT2D eigenvalue weighted by Gasteiger charge is -2.04.